The lowest BCUT2D eigenvalue weighted by Gasteiger charge is -2.25. The largest absolute Gasteiger partial charge is 0.300 e. The van der Waals surface area contributed by atoms with Crippen molar-refractivity contribution >= 4 is 46.2 Å². The fraction of sp³-hybridized carbons (Fsp3) is 0.222. The molecule has 0 atom stereocenters. The molecule has 126 valence electrons. The molecule has 2 rings (SSSR count). The van der Waals surface area contributed by atoms with E-state index in [2.05, 4.69) is 15.8 Å². The average molecular weight is 364 g/mol. The van der Waals surface area contributed by atoms with Crippen LogP contribution in [-0.2, 0) is 4.79 Å². The zero-order valence-electron chi connectivity index (χ0n) is 13.7. The van der Waals surface area contributed by atoms with Gasteiger partial charge in [0.05, 0.1) is 16.8 Å². The Morgan fingerprint density at radius 2 is 1.46 bits per heavy atom. The van der Waals surface area contributed by atoms with Gasteiger partial charge in [-0.2, -0.15) is 0 Å². The van der Waals surface area contributed by atoms with Gasteiger partial charge in [-0.05, 0) is 69.3 Å². The van der Waals surface area contributed by atoms with Crippen molar-refractivity contribution in [2.45, 2.75) is 20.8 Å². The minimum atomic E-state index is -0.779. The molecule has 0 aliphatic rings. The van der Waals surface area contributed by atoms with Crippen molar-refractivity contribution in [1.82, 2.24) is 5.43 Å². The minimum absolute atomic E-state index is 0.000574. The van der Waals surface area contributed by atoms with Gasteiger partial charge in [0.15, 0.2) is 0 Å². The fourth-order valence-corrected chi connectivity index (χ4v) is 2.05. The van der Waals surface area contributed by atoms with Gasteiger partial charge < -0.3 is 0 Å². The predicted molar refractivity (Wildman–Crippen MR) is 101 cm³/mol. The number of halogens is 2. The second-order valence-corrected chi connectivity index (χ2v) is 6.75. The van der Waals surface area contributed by atoms with Crippen LogP contribution in [0.25, 0.3) is 0 Å². The highest BCUT2D eigenvalue weighted by atomic mass is 35.5. The Hall–Kier alpha value is -2.04. The SMILES string of the molecule is CC(=O)C(C)(C)C(=Nc1ccc(Cl)cc1)NNc1ccc(Cl)cc1. The highest BCUT2D eigenvalue weighted by Crippen LogP contribution is 2.23. The Bertz CT molecular complexity index is 738. The molecule has 4 nitrogen and oxygen atoms in total. The molecule has 2 N–H and O–H groups in total. The van der Waals surface area contributed by atoms with Crippen LogP contribution >= 0.6 is 23.2 Å². The molecule has 2 aromatic carbocycles. The molecule has 0 bridgehead atoms. The van der Waals surface area contributed by atoms with E-state index in [9.17, 15) is 4.79 Å². The molecular weight excluding hydrogens is 345 g/mol. The third kappa shape index (κ3) is 4.73. The number of nitrogens with zero attached hydrogens (tertiary/aromatic N) is 1. The van der Waals surface area contributed by atoms with Crippen LogP contribution in [0.2, 0.25) is 10.0 Å². The first kappa shape index (κ1) is 18.3. The predicted octanol–water partition coefficient (Wildman–Crippen LogP) is 5.26. The minimum Gasteiger partial charge on any atom is -0.300 e. The molecule has 0 radical (unpaired) electrons. The molecule has 0 aromatic heterocycles. The first-order valence-electron chi connectivity index (χ1n) is 7.42. The lowest BCUT2D eigenvalue weighted by Crippen LogP contribution is -2.44. The van der Waals surface area contributed by atoms with Gasteiger partial charge in [-0.15, -0.1) is 0 Å². The Kier molecular flexibility index (Phi) is 5.86. The van der Waals surface area contributed by atoms with Crippen LogP contribution in [0.3, 0.4) is 0 Å². The number of anilines is 1. The quantitative estimate of drug-likeness (QED) is 0.433. The normalized spacial score (nSPS) is 12.0. The molecule has 0 saturated carbocycles. The monoisotopic (exact) mass is 363 g/mol. The van der Waals surface area contributed by atoms with Gasteiger partial charge in [-0.1, -0.05) is 23.2 Å². The van der Waals surface area contributed by atoms with Gasteiger partial charge in [0.2, 0.25) is 0 Å². The molecule has 6 heteroatoms. The maximum Gasteiger partial charge on any atom is 0.142 e. The molecule has 0 spiro atoms. The lowest BCUT2D eigenvalue weighted by molar-refractivity contribution is -0.121. The summed E-state index contributed by atoms with van der Waals surface area (Å²) >= 11 is 11.8. The molecule has 2 aromatic rings. The van der Waals surface area contributed by atoms with Crippen LogP contribution in [0.4, 0.5) is 11.4 Å². The summed E-state index contributed by atoms with van der Waals surface area (Å²) in [7, 11) is 0. The number of carbonyl (C=O) groups is 1. The number of aliphatic imine (C=N–C) groups is 1. The molecular formula is C18H19Cl2N3O. The van der Waals surface area contributed by atoms with Crippen LogP contribution in [0, 0.1) is 5.41 Å². The van der Waals surface area contributed by atoms with E-state index in [1.54, 1.807) is 43.3 Å². The van der Waals surface area contributed by atoms with Crippen molar-refractivity contribution in [2.75, 3.05) is 5.43 Å². The zero-order chi connectivity index (χ0) is 17.7. The van der Waals surface area contributed by atoms with Crippen LogP contribution in [-0.4, -0.2) is 11.6 Å². The summed E-state index contributed by atoms with van der Waals surface area (Å²) in [6, 6.07) is 14.3. The number of rotatable bonds is 5. The Balaban J connectivity index is 2.27. The summed E-state index contributed by atoms with van der Waals surface area (Å²) in [4.78, 5) is 16.6. The standard InChI is InChI=1S/C18H19Cl2N3O/c1-12(24)18(2,3)17(21-15-8-4-13(19)5-9-15)23-22-16-10-6-14(20)7-11-16/h4-11,22H,1-3H3,(H,21,23). The first-order valence-corrected chi connectivity index (χ1v) is 8.18. The Morgan fingerprint density at radius 1 is 0.958 bits per heavy atom. The van der Waals surface area contributed by atoms with E-state index in [0.29, 0.717) is 21.6 Å². The molecule has 0 unspecified atom stereocenters. The van der Waals surface area contributed by atoms with E-state index in [4.69, 9.17) is 23.2 Å². The molecule has 0 fully saturated rings. The number of ketones is 1. The summed E-state index contributed by atoms with van der Waals surface area (Å²) < 4.78 is 0. The molecule has 0 saturated heterocycles. The summed E-state index contributed by atoms with van der Waals surface area (Å²) in [5.74, 6) is 0.507. The number of Topliss-reactive ketones (excluding diaryl/α,β-unsaturated/α-hetero) is 1. The van der Waals surface area contributed by atoms with Gasteiger partial charge >= 0.3 is 0 Å². The maximum atomic E-state index is 12.0. The van der Waals surface area contributed by atoms with E-state index < -0.39 is 5.41 Å². The highest BCUT2D eigenvalue weighted by molar-refractivity contribution is 6.30. The summed E-state index contributed by atoms with van der Waals surface area (Å²) in [5, 5.41) is 1.29. The third-order valence-corrected chi connectivity index (χ3v) is 4.21. The van der Waals surface area contributed by atoms with Gasteiger partial charge in [0.1, 0.15) is 11.6 Å². The molecule has 0 amide bonds. The second kappa shape index (κ2) is 7.69. The number of amidine groups is 1. The summed E-state index contributed by atoms with van der Waals surface area (Å²) in [5.41, 5.74) is 6.82. The topological polar surface area (TPSA) is 53.5 Å². The maximum absolute atomic E-state index is 12.0. The van der Waals surface area contributed by atoms with Gasteiger partial charge in [0.25, 0.3) is 0 Å². The number of carbonyl (C=O) groups excluding carboxylic acids is 1. The van der Waals surface area contributed by atoms with E-state index in [1.807, 2.05) is 26.0 Å². The fourth-order valence-electron chi connectivity index (χ4n) is 1.80. The number of nitrogens with one attached hydrogen (secondary N) is 2. The van der Waals surface area contributed by atoms with E-state index in [-0.39, 0.29) is 5.78 Å². The summed E-state index contributed by atoms with van der Waals surface area (Å²) in [6.07, 6.45) is 0. The van der Waals surface area contributed by atoms with Gasteiger partial charge in [0, 0.05) is 10.0 Å². The van der Waals surface area contributed by atoms with E-state index >= 15 is 0 Å². The number of benzene rings is 2. The second-order valence-electron chi connectivity index (χ2n) is 5.87. The molecule has 24 heavy (non-hydrogen) atoms. The summed E-state index contributed by atoms with van der Waals surface area (Å²) in [6.45, 7) is 5.18. The number of hydrogen-bond acceptors (Lipinski definition) is 3. The average Bonchev–Trinajstić information content (AvgIpc) is 2.54. The lowest BCUT2D eigenvalue weighted by atomic mass is 9.87. The number of hydrogen-bond donors (Lipinski definition) is 2. The van der Waals surface area contributed by atoms with Crippen molar-refractivity contribution in [1.29, 1.82) is 0 Å². The van der Waals surface area contributed by atoms with E-state index in [1.165, 1.54) is 0 Å². The Labute approximate surface area is 151 Å². The van der Waals surface area contributed by atoms with Gasteiger partial charge in [-0.3, -0.25) is 15.6 Å². The van der Waals surface area contributed by atoms with Crippen molar-refractivity contribution in [3.63, 3.8) is 0 Å². The van der Waals surface area contributed by atoms with Crippen molar-refractivity contribution in [3.05, 3.63) is 58.6 Å². The van der Waals surface area contributed by atoms with Gasteiger partial charge in [-0.25, -0.2) is 4.99 Å². The van der Waals surface area contributed by atoms with Crippen molar-refractivity contribution in [2.24, 2.45) is 10.4 Å². The van der Waals surface area contributed by atoms with Crippen LogP contribution in [0.15, 0.2) is 53.5 Å². The zero-order valence-corrected chi connectivity index (χ0v) is 15.2. The van der Waals surface area contributed by atoms with Crippen molar-refractivity contribution in [3.8, 4) is 0 Å². The van der Waals surface area contributed by atoms with E-state index in [0.717, 1.165) is 5.69 Å². The molecule has 0 aliphatic carbocycles. The Morgan fingerprint density at radius 3 is 1.96 bits per heavy atom. The first-order chi connectivity index (χ1) is 11.3. The van der Waals surface area contributed by atoms with Crippen LogP contribution in [0.5, 0.6) is 0 Å². The smallest absolute Gasteiger partial charge is 0.142 e. The molecule has 0 heterocycles. The number of hydrazine groups is 1. The molecule has 0 aliphatic heterocycles. The van der Waals surface area contributed by atoms with Crippen LogP contribution in [0.1, 0.15) is 20.8 Å². The van der Waals surface area contributed by atoms with Crippen LogP contribution < -0.4 is 10.9 Å². The van der Waals surface area contributed by atoms with Crippen molar-refractivity contribution < 1.29 is 4.79 Å². The third-order valence-electron chi connectivity index (χ3n) is 3.71. The highest BCUT2D eigenvalue weighted by Gasteiger charge is 2.30.